The van der Waals surface area contributed by atoms with Gasteiger partial charge in [-0.3, -0.25) is 9.69 Å². The fourth-order valence-corrected chi connectivity index (χ4v) is 5.13. The summed E-state index contributed by atoms with van der Waals surface area (Å²) in [7, 11) is 0. The van der Waals surface area contributed by atoms with Gasteiger partial charge in [0.15, 0.2) is 0 Å². The SMILES string of the molecule is O=C(CCC1CCCC1)N1CCN(Cc2nc3ccccc3s2)CC1. The van der Waals surface area contributed by atoms with Crippen molar-refractivity contribution in [2.45, 2.75) is 45.1 Å². The van der Waals surface area contributed by atoms with Crippen LogP contribution in [0.4, 0.5) is 0 Å². The third-order valence-electron chi connectivity index (χ3n) is 5.66. The number of benzene rings is 1. The van der Waals surface area contributed by atoms with E-state index >= 15 is 0 Å². The molecule has 1 aromatic carbocycles. The van der Waals surface area contributed by atoms with Crippen LogP contribution in [0, 0.1) is 5.92 Å². The standard InChI is InChI=1S/C20H27N3OS/c24-20(10-9-16-5-1-2-6-16)23-13-11-22(12-14-23)15-19-21-17-7-3-4-8-18(17)25-19/h3-4,7-8,16H,1-2,5-6,9-15H2. The molecule has 0 spiro atoms. The van der Waals surface area contributed by atoms with Crippen molar-refractivity contribution in [1.82, 2.24) is 14.8 Å². The number of rotatable bonds is 5. The van der Waals surface area contributed by atoms with Crippen LogP contribution in [0.2, 0.25) is 0 Å². The van der Waals surface area contributed by atoms with E-state index in [-0.39, 0.29) is 0 Å². The largest absolute Gasteiger partial charge is 0.340 e. The zero-order chi connectivity index (χ0) is 17.1. The van der Waals surface area contributed by atoms with Crippen LogP contribution in [-0.4, -0.2) is 46.9 Å². The minimum absolute atomic E-state index is 0.367. The quantitative estimate of drug-likeness (QED) is 0.814. The van der Waals surface area contributed by atoms with Gasteiger partial charge in [-0.2, -0.15) is 0 Å². The molecule has 0 radical (unpaired) electrons. The molecule has 2 aliphatic rings. The van der Waals surface area contributed by atoms with Crippen molar-refractivity contribution >= 4 is 27.5 Å². The maximum absolute atomic E-state index is 12.4. The Morgan fingerprint density at radius 2 is 1.88 bits per heavy atom. The highest BCUT2D eigenvalue weighted by Gasteiger charge is 2.23. The Morgan fingerprint density at radius 3 is 2.64 bits per heavy atom. The van der Waals surface area contributed by atoms with Gasteiger partial charge in [-0.05, 0) is 24.5 Å². The van der Waals surface area contributed by atoms with E-state index < -0.39 is 0 Å². The molecular formula is C20H27N3OS. The molecule has 0 unspecified atom stereocenters. The Balaban J connectivity index is 1.24. The molecule has 1 aliphatic carbocycles. The van der Waals surface area contributed by atoms with E-state index in [1.807, 2.05) is 6.07 Å². The molecule has 1 aromatic heterocycles. The second-order valence-corrected chi connectivity index (χ2v) is 8.54. The number of hydrogen-bond donors (Lipinski definition) is 0. The summed E-state index contributed by atoms with van der Waals surface area (Å²) < 4.78 is 1.26. The van der Waals surface area contributed by atoms with Crippen LogP contribution in [0.5, 0.6) is 0 Å². The lowest BCUT2D eigenvalue weighted by atomic mass is 10.0. The Morgan fingerprint density at radius 1 is 1.12 bits per heavy atom. The van der Waals surface area contributed by atoms with E-state index in [2.05, 4.69) is 28.0 Å². The van der Waals surface area contributed by atoms with Gasteiger partial charge in [-0.1, -0.05) is 37.8 Å². The third-order valence-corrected chi connectivity index (χ3v) is 6.68. The molecule has 1 amide bonds. The average molecular weight is 358 g/mol. The van der Waals surface area contributed by atoms with Crippen molar-refractivity contribution in [1.29, 1.82) is 0 Å². The summed E-state index contributed by atoms with van der Waals surface area (Å²) in [4.78, 5) is 21.7. The van der Waals surface area contributed by atoms with Gasteiger partial charge in [0.1, 0.15) is 5.01 Å². The summed E-state index contributed by atoms with van der Waals surface area (Å²) in [5, 5.41) is 1.18. The first-order chi connectivity index (χ1) is 12.3. The number of carbonyl (C=O) groups excluding carboxylic acids is 1. The van der Waals surface area contributed by atoms with Crippen molar-refractivity contribution in [2.75, 3.05) is 26.2 Å². The van der Waals surface area contributed by atoms with Gasteiger partial charge in [0.05, 0.1) is 16.8 Å². The molecule has 0 N–H and O–H groups in total. The van der Waals surface area contributed by atoms with Crippen molar-refractivity contribution in [2.24, 2.45) is 5.92 Å². The lowest BCUT2D eigenvalue weighted by Crippen LogP contribution is -2.48. The topological polar surface area (TPSA) is 36.4 Å². The van der Waals surface area contributed by atoms with Crippen molar-refractivity contribution < 1.29 is 4.79 Å². The molecule has 4 nitrogen and oxygen atoms in total. The summed E-state index contributed by atoms with van der Waals surface area (Å²) in [6, 6.07) is 8.33. The number of piperazine rings is 1. The Bertz CT molecular complexity index is 682. The smallest absolute Gasteiger partial charge is 0.222 e. The van der Waals surface area contributed by atoms with Crippen molar-refractivity contribution in [3.05, 3.63) is 29.3 Å². The van der Waals surface area contributed by atoms with Gasteiger partial charge < -0.3 is 4.90 Å². The van der Waals surface area contributed by atoms with Crippen molar-refractivity contribution in [3.8, 4) is 0 Å². The predicted molar refractivity (Wildman–Crippen MR) is 103 cm³/mol. The van der Waals surface area contributed by atoms with E-state index in [0.29, 0.717) is 5.91 Å². The molecule has 25 heavy (non-hydrogen) atoms. The van der Waals surface area contributed by atoms with Gasteiger partial charge >= 0.3 is 0 Å². The number of thiazole rings is 1. The second-order valence-electron chi connectivity index (χ2n) is 7.42. The van der Waals surface area contributed by atoms with Crippen LogP contribution in [0.25, 0.3) is 10.2 Å². The van der Waals surface area contributed by atoms with E-state index in [1.165, 1.54) is 35.4 Å². The summed E-state index contributed by atoms with van der Waals surface area (Å²) in [6.07, 6.45) is 7.26. The fraction of sp³-hybridized carbons (Fsp3) is 0.600. The predicted octanol–water partition coefficient (Wildman–Crippen LogP) is 3.91. The van der Waals surface area contributed by atoms with E-state index in [4.69, 9.17) is 4.98 Å². The summed E-state index contributed by atoms with van der Waals surface area (Å²) in [5.41, 5.74) is 1.10. The molecule has 1 saturated heterocycles. The molecular weight excluding hydrogens is 330 g/mol. The zero-order valence-electron chi connectivity index (χ0n) is 14.8. The van der Waals surface area contributed by atoms with Gasteiger partial charge in [0, 0.05) is 32.6 Å². The molecule has 4 rings (SSSR count). The normalized spacial score (nSPS) is 19.8. The number of amides is 1. The molecule has 2 fully saturated rings. The first kappa shape index (κ1) is 17.0. The first-order valence-corrected chi connectivity index (χ1v) is 10.4. The molecule has 2 aromatic rings. The number of fused-ring (bicyclic) bond motifs is 1. The number of carbonyl (C=O) groups is 1. The number of nitrogens with zero attached hydrogens (tertiary/aromatic N) is 3. The van der Waals surface area contributed by atoms with Crippen molar-refractivity contribution in [3.63, 3.8) is 0 Å². The highest BCUT2D eigenvalue weighted by atomic mass is 32.1. The summed E-state index contributed by atoms with van der Waals surface area (Å²) >= 11 is 1.79. The third kappa shape index (κ3) is 4.21. The van der Waals surface area contributed by atoms with Crippen LogP contribution >= 0.6 is 11.3 Å². The monoisotopic (exact) mass is 357 g/mol. The molecule has 1 aliphatic heterocycles. The highest BCUT2D eigenvalue weighted by molar-refractivity contribution is 7.18. The Labute approximate surface area is 153 Å². The molecule has 0 bridgehead atoms. The van der Waals surface area contributed by atoms with Gasteiger partial charge in [-0.15, -0.1) is 11.3 Å². The van der Waals surface area contributed by atoms with E-state index in [1.54, 1.807) is 11.3 Å². The molecule has 5 heteroatoms. The van der Waals surface area contributed by atoms with Crippen LogP contribution < -0.4 is 0 Å². The second kappa shape index (κ2) is 7.83. The maximum atomic E-state index is 12.4. The summed E-state index contributed by atoms with van der Waals surface area (Å²) in [5.74, 6) is 1.18. The number of para-hydroxylation sites is 1. The van der Waals surface area contributed by atoms with E-state index in [9.17, 15) is 4.79 Å². The van der Waals surface area contributed by atoms with Crippen LogP contribution in [-0.2, 0) is 11.3 Å². The van der Waals surface area contributed by atoms with Gasteiger partial charge in [0.25, 0.3) is 0 Å². The maximum Gasteiger partial charge on any atom is 0.222 e. The number of aromatic nitrogens is 1. The molecule has 1 saturated carbocycles. The Hall–Kier alpha value is -1.46. The average Bonchev–Trinajstić information content (AvgIpc) is 3.29. The van der Waals surface area contributed by atoms with Gasteiger partial charge in [-0.25, -0.2) is 4.98 Å². The molecule has 0 atom stereocenters. The lowest BCUT2D eigenvalue weighted by molar-refractivity contribution is -0.133. The lowest BCUT2D eigenvalue weighted by Gasteiger charge is -2.34. The van der Waals surface area contributed by atoms with Crippen LogP contribution in [0.3, 0.4) is 0 Å². The Kier molecular flexibility index (Phi) is 5.32. The van der Waals surface area contributed by atoms with Crippen LogP contribution in [0.1, 0.15) is 43.5 Å². The van der Waals surface area contributed by atoms with E-state index in [0.717, 1.165) is 57.0 Å². The molecule has 134 valence electrons. The highest BCUT2D eigenvalue weighted by Crippen LogP contribution is 2.29. The zero-order valence-corrected chi connectivity index (χ0v) is 15.6. The summed E-state index contributed by atoms with van der Waals surface area (Å²) in [6.45, 7) is 4.57. The number of hydrogen-bond acceptors (Lipinski definition) is 4. The fourth-order valence-electron chi connectivity index (χ4n) is 4.12. The minimum atomic E-state index is 0.367. The minimum Gasteiger partial charge on any atom is -0.340 e. The van der Waals surface area contributed by atoms with Crippen LogP contribution in [0.15, 0.2) is 24.3 Å². The first-order valence-electron chi connectivity index (χ1n) is 9.62. The van der Waals surface area contributed by atoms with Gasteiger partial charge in [0.2, 0.25) is 5.91 Å². The molecule has 2 heterocycles.